The van der Waals surface area contributed by atoms with Gasteiger partial charge in [0.1, 0.15) is 5.82 Å². The molecule has 0 saturated heterocycles. The summed E-state index contributed by atoms with van der Waals surface area (Å²) in [5.41, 5.74) is 0. The highest BCUT2D eigenvalue weighted by Gasteiger charge is 2.32. The molecule has 1 saturated carbocycles. The highest BCUT2D eigenvalue weighted by Crippen LogP contribution is 2.32. The van der Waals surface area contributed by atoms with Crippen molar-refractivity contribution in [2.75, 3.05) is 24.3 Å². The van der Waals surface area contributed by atoms with Crippen molar-refractivity contribution in [2.24, 2.45) is 5.92 Å². The third-order valence-corrected chi connectivity index (χ3v) is 2.49. The van der Waals surface area contributed by atoms with Gasteiger partial charge in [-0.3, -0.25) is 0 Å². The Morgan fingerprint density at radius 3 is 2.79 bits per heavy atom. The zero-order chi connectivity index (χ0) is 10.1. The summed E-state index contributed by atoms with van der Waals surface area (Å²) in [6.07, 6.45) is 3.04. The van der Waals surface area contributed by atoms with Gasteiger partial charge in [-0.15, -0.1) is 0 Å². The van der Waals surface area contributed by atoms with E-state index in [4.69, 9.17) is 0 Å². The van der Waals surface area contributed by atoms with Gasteiger partial charge in [-0.25, -0.2) is 4.98 Å². The molecule has 76 valence electrons. The van der Waals surface area contributed by atoms with Crippen LogP contribution in [0.3, 0.4) is 0 Å². The topological polar surface area (TPSA) is 41.1 Å². The molecule has 1 N–H and O–H groups in total. The van der Waals surface area contributed by atoms with Gasteiger partial charge in [-0.1, -0.05) is 6.92 Å². The second kappa shape index (κ2) is 3.44. The average Bonchev–Trinajstić information content (AvgIpc) is 2.82. The van der Waals surface area contributed by atoms with Crippen molar-refractivity contribution in [3.05, 3.63) is 12.3 Å². The molecule has 4 nitrogen and oxygen atoms in total. The number of rotatable bonds is 3. The van der Waals surface area contributed by atoms with Crippen molar-refractivity contribution in [1.29, 1.82) is 0 Å². The average molecular weight is 192 g/mol. The Labute approximate surface area is 84.4 Å². The van der Waals surface area contributed by atoms with E-state index in [1.54, 1.807) is 6.20 Å². The fourth-order valence-corrected chi connectivity index (χ4v) is 1.36. The van der Waals surface area contributed by atoms with Crippen LogP contribution in [0.1, 0.15) is 13.3 Å². The third kappa shape index (κ3) is 1.95. The van der Waals surface area contributed by atoms with Crippen LogP contribution < -0.4 is 10.2 Å². The van der Waals surface area contributed by atoms with Gasteiger partial charge in [0.05, 0.1) is 0 Å². The molecule has 0 aliphatic heterocycles. The Morgan fingerprint density at radius 2 is 2.21 bits per heavy atom. The number of hydrogen-bond donors (Lipinski definition) is 1. The standard InChI is InChI=1S/C10H16N4/c1-7-6-8(7)12-9-4-5-11-10(13-9)14(2)3/h4-5,7-8H,6H2,1-3H3,(H,11,12,13). The van der Waals surface area contributed by atoms with Crippen LogP contribution in [-0.4, -0.2) is 30.1 Å². The Bertz CT molecular complexity index is 324. The summed E-state index contributed by atoms with van der Waals surface area (Å²) in [5, 5.41) is 3.38. The second-order valence-corrected chi connectivity index (χ2v) is 4.10. The van der Waals surface area contributed by atoms with Crippen LogP contribution in [0.5, 0.6) is 0 Å². The molecule has 1 aromatic heterocycles. The van der Waals surface area contributed by atoms with Gasteiger partial charge in [0.15, 0.2) is 0 Å². The van der Waals surface area contributed by atoms with Crippen molar-refractivity contribution < 1.29 is 0 Å². The number of aromatic nitrogens is 2. The maximum atomic E-state index is 4.39. The fraction of sp³-hybridized carbons (Fsp3) is 0.600. The summed E-state index contributed by atoms with van der Waals surface area (Å²) in [7, 11) is 3.89. The van der Waals surface area contributed by atoms with E-state index in [0.717, 1.165) is 17.7 Å². The van der Waals surface area contributed by atoms with Gasteiger partial charge in [0.25, 0.3) is 0 Å². The van der Waals surface area contributed by atoms with E-state index in [9.17, 15) is 0 Å². The van der Waals surface area contributed by atoms with Crippen LogP contribution in [-0.2, 0) is 0 Å². The summed E-state index contributed by atoms with van der Waals surface area (Å²) in [5.74, 6) is 2.47. The molecule has 4 heteroatoms. The maximum absolute atomic E-state index is 4.39. The Hall–Kier alpha value is -1.32. The lowest BCUT2D eigenvalue weighted by molar-refractivity contribution is 0.916. The van der Waals surface area contributed by atoms with E-state index in [1.807, 2.05) is 25.1 Å². The zero-order valence-corrected chi connectivity index (χ0v) is 8.86. The first-order chi connectivity index (χ1) is 6.66. The molecule has 2 atom stereocenters. The lowest BCUT2D eigenvalue weighted by Crippen LogP contribution is -2.14. The predicted octanol–water partition coefficient (Wildman–Crippen LogP) is 1.36. The smallest absolute Gasteiger partial charge is 0.226 e. The molecule has 1 aromatic rings. The molecule has 1 aliphatic carbocycles. The Morgan fingerprint density at radius 1 is 1.50 bits per heavy atom. The lowest BCUT2D eigenvalue weighted by Gasteiger charge is -2.11. The van der Waals surface area contributed by atoms with Gasteiger partial charge >= 0.3 is 0 Å². The maximum Gasteiger partial charge on any atom is 0.226 e. The number of hydrogen-bond acceptors (Lipinski definition) is 4. The van der Waals surface area contributed by atoms with E-state index < -0.39 is 0 Å². The summed E-state index contributed by atoms with van der Waals surface area (Å²) in [4.78, 5) is 10.5. The first-order valence-corrected chi connectivity index (χ1v) is 4.93. The molecule has 1 fully saturated rings. The Kier molecular flexibility index (Phi) is 2.27. The van der Waals surface area contributed by atoms with Crippen molar-refractivity contribution >= 4 is 11.8 Å². The molecule has 0 amide bonds. The second-order valence-electron chi connectivity index (χ2n) is 4.10. The first kappa shape index (κ1) is 9.24. The molecular formula is C10H16N4. The van der Waals surface area contributed by atoms with E-state index in [2.05, 4.69) is 22.2 Å². The van der Waals surface area contributed by atoms with Crippen LogP contribution in [0.25, 0.3) is 0 Å². The molecule has 0 bridgehead atoms. The minimum atomic E-state index is 0.611. The minimum Gasteiger partial charge on any atom is -0.367 e. The highest BCUT2D eigenvalue weighted by atomic mass is 15.2. The van der Waals surface area contributed by atoms with Crippen molar-refractivity contribution in [3.63, 3.8) is 0 Å². The molecule has 2 rings (SSSR count). The van der Waals surface area contributed by atoms with Crippen LogP contribution >= 0.6 is 0 Å². The largest absolute Gasteiger partial charge is 0.367 e. The minimum absolute atomic E-state index is 0.611. The van der Waals surface area contributed by atoms with Crippen molar-refractivity contribution in [1.82, 2.24) is 9.97 Å². The molecule has 0 radical (unpaired) electrons. The van der Waals surface area contributed by atoms with Crippen molar-refractivity contribution in [2.45, 2.75) is 19.4 Å². The Balaban J connectivity index is 2.06. The molecule has 14 heavy (non-hydrogen) atoms. The first-order valence-electron chi connectivity index (χ1n) is 4.93. The van der Waals surface area contributed by atoms with Gasteiger partial charge in [0, 0.05) is 26.3 Å². The van der Waals surface area contributed by atoms with Gasteiger partial charge in [-0.05, 0) is 18.4 Å². The number of nitrogens with one attached hydrogen (secondary N) is 1. The van der Waals surface area contributed by atoms with E-state index in [0.29, 0.717) is 6.04 Å². The summed E-state index contributed by atoms with van der Waals surface area (Å²) < 4.78 is 0. The van der Waals surface area contributed by atoms with Gasteiger partial charge < -0.3 is 10.2 Å². The zero-order valence-electron chi connectivity index (χ0n) is 8.86. The quantitative estimate of drug-likeness (QED) is 0.785. The molecule has 1 aliphatic rings. The summed E-state index contributed by atoms with van der Waals surface area (Å²) in [6.45, 7) is 2.24. The summed E-state index contributed by atoms with van der Waals surface area (Å²) in [6, 6.07) is 2.53. The third-order valence-electron chi connectivity index (χ3n) is 2.49. The molecule has 2 unspecified atom stereocenters. The van der Waals surface area contributed by atoms with Gasteiger partial charge in [0.2, 0.25) is 5.95 Å². The van der Waals surface area contributed by atoms with Crippen LogP contribution in [0.2, 0.25) is 0 Å². The van der Waals surface area contributed by atoms with Crippen LogP contribution in [0.15, 0.2) is 12.3 Å². The van der Waals surface area contributed by atoms with E-state index in [1.165, 1.54) is 6.42 Å². The highest BCUT2D eigenvalue weighted by molar-refractivity contribution is 5.42. The SMILES string of the molecule is CC1CC1Nc1ccnc(N(C)C)n1. The monoisotopic (exact) mass is 192 g/mol. The van der Waals surface area contributed by atoms with E-state index >= 15 is 0 Å². The lowest BCUT2D eigenvalue weighted by atomic mass is 10.4. The van der Waals surface area contributed by atoms with Crippen LogP contribution in [0, 0.1) is 5.92 Å². The molecule has 0 aromatic carbocycles. The molecule has 1 heterocycles. The normalized spacial score (nSPS) is 24.5. The number of nitrogens with zero attached hydrogens (tertiary/aromatic N) is 3. The van der Waals surface area contributed by atoms with E-state index in [-0.39, 0.29) is 0 Å². The molecular weight excluding hydrogens is 176 g/mol. The van der Waals surface area contributed by atoms with Crippen molar-refractivity contribution in [3.8, 4) is 0 Å². The van der Waals surface area contributed by atoms with Gasteiger partial charge in [-0.2, -0.15) is 4.98 Å². The van der Waals surface area contributed by atoms with Crippen LogP contribution in [0.4, 0.5) is 11.8 Å². The predicted molar refractivity (Wildman–Crippen MR) is 57.6 cm³/mol. The summed E-state index contributed by atoms with van der Waals surface area (Å²) >= 11 is 0. The fourth-order valence-electron chi connectivity index (χ4n) is 1.36. The number of anilines is 2. The molecule has 0 spiro atoms.